The Hall–Kier alpha value is -2.50. The Balaban J connectivity index is 1.48. The summed E-state index contributed by atoms with van der Waals surface area (Å²) in [4.78, 5) is 26.6. The Bertz CT molecular complexity index is 872. The van der Waals surface area contributed by atoms with E-state index < -0.39 is 40.7 Å². The fraction of sp³-hybridized carbons (Fsp3) is 0.652. The normalized spacial score (nSPS) is 19.3. The quantitative estimate of drug-likeness (QED) is 0.482. The van der Waals surface area contributed by atoms with E-state index in [1.807, 2.05) is 0 Å². The third-order valence-corrected chi connectivity index (χ3v) is 6.72. The van der Waals surface area contributed by atoms with Crippen LogP contribution in [-0.2, 0) is 17.1 Å². The molecule has 1 heterocycles. The summed E-state index contributed by atoms with van der Waals surface area (Å²) in [7, 11) is 0. The number of halogens is 6. The Labute approximate surface area is 199 Å². The van der Waals surface area contributed by atoms with Crippen LogP contribution in [0.1, 0.15) is 62.5 Å². The van der Waals surface area contributed by atoms with E-state index in [9.17, 15) is 35.9 Å². The molecule has 0 aromatic heterocycles. The van der Waals surface area contributed by atoms with Gasteiger partial charge >= 0.3 is 18.4 Å². The van der Waals surface area contributed by atoms with Crippen LogP contribution in [0.5, 0.6) is 0 Å². The van der Waals surface area contributed by atoms with Gasteiger partial charge in [0.25, 0.3) is 0 Å². The summed E-state index contributed by atoms with van der Waals surface area (Å²) in [5.74, 6) is 0.0436. The molecule has 35 heavy (non-hydrogen) atoms. The predicted molar refractivity (Wildman–Crippen MR) is 117 cm³/mol. The van der Waals surface area contributed by atoms with Gasteiger partial charge in [0.15, 0.2) is 0 Å². The van der Waals surface area contributed by atoms with Crippen LogP contribution in [0.25, 0.3) is 0 Å². The van der Waals surface area contributed by atoms with Gasteiger partial charge in [-0.2, -0.15) is 26.3 Å². The molecular formula is C23H30F6N4O2. The molecule has 0 radical (unpaired) electrons. The van der Waals surface area contributed by atoms with Crippen molar-refractivity contribution in [2.24, 2.45) is 11.7 Å². The first-order chi connectivity index (χ1) is 16.2. The molecule has 12 heteroatoms. The van der Waals surface area contributed by atoms with Crippen molar-refractivity contribution in [3.05, 3.63) is 29.3 Å². The number of benzene rings is 1. The van der Waals surface area contributed by atoms with Gasteiger partial charge in [-0.05, 0) is 49.8 Å². The maximum absolute atomic E-state index is 13.0. The van der Waals surface area contributed by atoms with Gasteiger partial charge in [-0.25, -0.2) is 4.79 Å². The molecule has 3 amide bonds. The molecule has 0 spiro atoms. The number of hydrogen-bond donors (Lipinski definition) is 3. The van der Waals surface area contributed by atoms with Gasteiger partial charge in [0.1, 0.15) is 0 Å². The van der Waals surface area contributed by atoms with Gasteiger partial charge in [0, 0.05) is 37.3 Å². The minimum absolute atomic E-state index is 0.00107. The number of carbonyl (C=O) groups excluding carboxylic acids is 2. The second-order valence-corrected chi connectivity index (χ2v) is 9.55. The van der Waals surface area contributed by atoms with E-state index in [0.717, 1.165) is 32.1 Å². The molecule has 196 valence electrons. The standard InChI is InChI=1S/C23H30F6N4O2/c24-22(25,26)16-10-17(23(27,28)29)12-18(11-16)32-20(35)31-14-15-4-8-33(9-5-15)19(34)13-21(30)6-2-1-3-7-21/h10-12,15H,1-9,13-14,30H2,(H2,31,32,35). The maximum Gasteiger partial charge on any atom is 0.416 e. The first kappa shape index (κ1) is 27.1. The highest BCUT2D eigenvalue weighted by Crippen LogP contribution is 2.37. The average Bonchev–Trinajstić information content (AvgIpc) is 2.77. The van der Waals surface area contributed by atoms with E-state index in [1.165, 1.54) is 0 Å². The van der Waals surface area contributed by atoms with E-state index in [2.05, 4.69) is 10.6 Å². The lowest BCUT2D eigenvalue weighted by Gasteiger charge is -2.37. The Morgan fingerprint density at radius 3 is 2.00 bits per heavy atom. The van der Waals surface area contributed by atoms with Crippen LogP contribution in [0.15, 0.2) is 18.2 Å². The molecular weight excluding hydrogens is 478 g/mol. The highest BCUT2D eigenvalue weighted by Gasteiger charge is 2.37. The molecule has 2 aliphatic rings. The van der Waals surface area contributed by atoms with E-state index in [-0.39, 0.29) is 24.4 Å². The molecule has 6 nitrogen and oxygen atoms in total. The summed E-state index contributed by atoms with van der Waals surface area (Å²) in [6.45, 7) is 1.19. The van der Waals surface area contributed by atoms with Crippen molar-refractivity contribution in [3.63, 3.8) is 0 Å². The van der Waals surface area contributed by atoms with Crippen molar-refractivity contribution in [1.29, 1.82) is 0 Å². The minimum atomic E-state index is -5.00. The van der Waals surface area contributed by atoms with Gasteiger partial charge in [-0.3, -0.25) is 4.79 Å². The van der Waals surface area contributed by atoms with Crippen molar-refractivity contribution in [2.45, 2.75) is 69.3 Å². The molecule has 1 saturated carbocycles. The van der Waals surface area contributed by atoms with E-state index >= 15 is 0 Å². The molecule has 0 atom stereocenters. The van der Waals surface area contributed by atoms with Gasteiger partial charge in [0.2, 0.25) is 5.91 Å². The second kappa shape index (κ2) is 10.6. The molecule has 1 aliphatic carbocycles. The first-order valence-corrected chi connectivity index (χ1v) is 11.7. The van der Waals surface area contributed by atoms with Gasteiger partial charge < -0.3 is 21.3 Å². The minimum Gasteiger partial charge on any atom is -0.343 e. The molecule has 0 unspecified atom stereocenters. The molecule has 1 aliphatic heterocycles. The largest absolute Gasteiger partial charge is 0.416 e. The SMILES string of the molecule is NC1(CC(=O)N2CCC(CNC(=O)Nc3cc(C(F)(F)F)cc(C(F)(F)F)c3)CC2)CCCCC1. The Morgan fingerprint density at radius 2 is 1.49 bits per heavy atom. The van der Waals surface area contributed by atoms with Crippen LogP contribution in [-0.4, -0.2) is 42.0 Å². The zero-order valence-electron chi connectivity index (χ0n) is 19.2. The van der Waals surface area contributed by atoms with E-state index in [4.69, 9.17) is 5.73 Å². The molecule has 3 rings (SSSR count). The highest BCUT2D eigenvalue weighted by molar-refractivity contribution is 5.89. The van der Waals surface area contributed by atoms with Gasteiger partial charge in [0.05, 0.1) is 11.1 Å². The van der Waals surface area contributed by atoms with Crippen LogP contribution in [0, 0.1) is 5.92 Å². The van der Waals surface area contributed by atoms with Crippen molar-refractivity contribution in [2.75, 3.05) is 25.0 Å². The number of likely N-dealkylation sites (tertiary alicyclic amines) is 1. The third kappa shape index (κ3) is 7.74. The summed E-state index contributed by atoms with van der Waals surface area (Å²) < 4.78 is 77.8. The number of anilines is 1. The Morgan fingerprint density at radius 1 is 0.943 bits per heavy atom. The van der Waals surface area contributed by atoms with Crippen molar-refractivity contribution in [3.8, 4) is 0 Å². The van der Waals surface area contributed by atoms with Gasteiger partial charge in [-0.15, -0.1) is 0 Å². The summed E-state index contributed by atoms with van der Waals surface area (Å²) in [5, 5.41) is 4.55. The summed E-state index contributed by atoms with van der Waals surface area (Å²) >= 11 is 0. The third-order valence-electron chi connectivity index (χ3n) is 6.72. The fourth-order valence-electron chi connectivity index (χ4n) is 4.67. The van der Waals surface area contributed by atoms with Gasteiger partial charge in [-0.1, -0.05) is 19.3 Å². The average molecular weight is 509 g/mol. The molecule has 1 aromatic rings. The number of hydrogen-bond acceptors (Lipinski definition) is 3. The van der Waals surface area contributed by atoms with Crippen LogP contribution in [0.4, 0.5) is 36.8 Å². The van der Waals surface area contributed by atoms with Crippen LogP contribution in [0.2, 0.25) is 0 Å². The van der Waals surface area contributed by atoms with Crippen molar-refractivity contribution < 1.29 is 35.9 Å². The molecule has 1 saturated heterocycles. The van der Waals surface area contributed by atoms with E-state index in [0.29, 0.717) is 44.5 Å². The number of rotatable bonds is 5. The predicted octanol–water partition coefficient (Wildman–Crippen LogP) is 5.14. The molecule has 1 aromatic carbocycles. The smallest absolute Gasteiger partial charge is 0.343 e. The maximum atomic E-state index is 13.0. The summed E-state index contributed by atoms with van der Waals surface area (Å²) in [5.41, 5.74) is 2.31. The first-order valence-electron chi connectivity index (χ1n) is 11.7. The van der Waals surface area contributed by atoms with Crippen molar-refractivity contribution >= 4 is 17.6 Å². The van der Waals surface area contributed by atoms with Crippen molar-refractivity contribution in [1.82, 2.24) is 10.2 Å². The topological polar surface area (TPSA) is 87.5 Å². The Kier molecular flexibility index (Phi) is 8.23. The number of amides is 3. The van der Waals surface area contributed by atoms with Crippen LogP contribution < -0.4 is 16.4 Å². The second-order valence-electron chi connectivity index (χ2n) is 9.55. The number of urea groups is 1. The zero-order valence-corrected chi connectivity index (χ0v) is 19.2. The fourth-order valence-corrected chi connectivity index (χ4v) is 4.67. The number of nitrogens with two attached hydrogens (primary N) is 1. The van der Waals surface area contributed by atoms with Crippen LogP contribution in [0.3, 0.4) is 0 Å². The number of nitrogens with zero attached hydrogens (tertiary/aromatic N) is 1. The monoisotopic (exact) mass is 508 g/mol. The van der Waals surface area contributed by atoms with E-state index in [1.54, 1.807) is 4.90 Å². The number of carbonyl (C=O) groups is 2. The zero-order chi connectivity index (χ0) is 25.9. The molecule has 4 N–H and O–H groups in total. The molecule has 0 bridgehead atoms. The lowest BCUT2D eigenvalue weighted by Crippen LogP contribution is -2.49. The summed E-state index contributed by atoms with van der Waals surface area (Å²) in [6, 6.07) is 0.00223. The lowest BCUT2D eigenvalue weighted by atomic mass is 9.80. The number of nitrogens with one attached hydrogen (secondary N) is 2. The summed E-state index contributed by atoms with van der Waals surface area (Å²) in [6.07, 6.45) is -3.59. The molecule has 2 fully saturated rings. The highest BCUT2D eigenvalue weighted by atomic mass is 19.4. The number of piperidine rings is 1. The lowest BCUT2D eigenvalue weighted by molar-refractivity contribution is -0.143. The van der Waals surface area contributed by atoms with Crippen LogP contribution >= 0.6 is 0 Å². The number of alkyl halides is 6.